The summed E-state index contributed by atoms with van der Waals surface area (Å²) in [5, 5.41) is 3.72. The van der Waals surface area contributed by atoms with Crippen LogP contribution in [0.25, 0.3) is 0 Å². The van der Waals surface area contributed by atoms with Gasteiger partial charge in [0, 0.05) is 44.3 Å². The second kappa shape index (κ2) is 7.24. The molecule has 0 spiro atoms. The Morgan fingerprint density at radius 2 is 1.80 bits per heavy atom. The summed E-state index contributed by atoms with van der Waals surface area (Å²) >= 11 is 0. The minimum absolute atomic E-state index is 0.211. The van der Waals surface area contributed by atoms with Crippen LogP contribution in [0.3, 0.4) is 0 Å². The average Bonchev–Trinajstić information content (AvgIpc) is 2.30. The number of hydrogen-bond donors (Lipinski definition) is 1. The van der Waals surface area contributed by atoms with E-state index in [1.807, 2.05) is 0 Å². The predicted octanol–water partition coefficient (Wildman–Crippen LogP) is 2.82. The van der Waals surface area contributed by atoms with Crippen LogP contribution in [-0.2, 0) is 0 Å². The van der Waals surface area contributed by atoms with Crippen LogP contribution in [0.15, 0.2) is 0 Å². The van der Waals surface area contributed by atoms with E-state index in [1.165, 1.54) is 39.0 Å². The lowest BCUT2D eigenvalue weighted by molar-refractivity contribution is 0.0537. The first-order valence-corrected chi connectivity index (χ1v) is 8.33. The molecule has 0 saturated carbocycles. The number of nitrogens with zero attached hydrogens (tertiary/aromatic N) is 2. The maximum absolute atomic E-state index is 3.72. The summed E-state index contributed by atoms with van der Waals surface area (Å²) in [6.45, 7) is 19.9. The smallest absolute Gasteiger partial charge is 0.0195 e. The summed E-state index contributed by atoms with van der Waals surface area (Å²) in [6.07, 6.45) is 2.57. The second-order valence-corrected chi connectivity index (χ2v) is 8.25. The first-order valence-electron chi connectivity index (χ1n) is 8.33. The van der Waals surface area contributed by atoms with Crippen LogP contribution in [0.1, 0.15) is 54.4 Å². The van der Waals surface area contributed by atoms with Gasteiger partial charge in [0.2, 0.25) is 0 Å². The van der Waals surface area contributed by atoms with Gasteiger partial charge in [-0.3, -0.25) is 4.90 Å². The molecule has 1 rings (SSSR count). The lowest BCUT2D eigenvalue weighted by Crippen LogP contribution is -2.55. The Morgan fingerprint density at radius 3 is 2.30 bits per heavy atom. The van der Waals surface area contributed by atoms with E-state index in [1.54, 1.807) is 0 Å². The fourth-order valence-electron chi connectivity index (χ4n) is 3.21. The van der Waals surface area contributed by atoms with Crippen LogP contribution in [0.5, 0.6) is 0 Å². The van der Waals surface area contributed by atoms with Crippen LogP contribution in [-0.4, -0.2) is 61.2 Å². The average molecular weight is 284 g/mol. The zero-order valence-corrected chi connectivity index (χ0v) is 14.9. The van der Waals surface area contributed by atoms with Gasteiger partial charge in [0.25, 0.3) is 0 Å². The molecule has 0 aromatic carbocycles. The number of piperazine rings is 1. The molecule has 20 heavy (non-hydrogen) atoms. The first-order chi connectivity index (χ1) is 9.15. The lowest BCUT2D eigenvalue weighted by atomic mass is 9.83. The van der Waals surface area contributed by atoms with Crippen LogP contribution >= 0.6 is 0 Å². The van der Waals surface area contributed by atoms with E-state index in [-0.39, 0.29) is 5.54 Å². The summed E-state index contributed by atoms with van der Waals surface area (Å²) in [5.41, 5.74) is 0.592. The summed E-state index contributed by atoms with van der Waals surface area (Å²) < 4.78 is 0. The molecule has 0 aromatic rings. The van der Waals surface area contributed by atoms with E-state index in [9.17, 15) is 0 Å². The van der Waals surface area contributed by atoms with Crippen molar-refractivity contribution in [1.82, 2.24) is 15.1 Å². The van der Waals surface area contributed by atoms with Crippen molar-refractivity contribution in [3.8, 4) is 0 Å². The Morgan fingerprint density at radius 1 is 1.15 bits per heavy atom. The lowest BCUT2D eigenvalue weighted by Gasteiger charge is -2.44. The van der Waals surface area contributed by atoms with E-state index in [4.69, 9.17) is 0 Å². The van der Waals surface area contributed by atoms with Crippen LogP contribution in [0.2, 0.25) is 0 Å². The SMILES string of the molecule is CCCC(C)(CNC(C)(C)C)CN1CCN(C)CC1C. The van der Waals surface area contributed by atoms with Gasteiger partial charge < -0.3 is 10.2 Å². The minimum Gasteiger partial charge on any atom is -0.311 e. The molecule has 2 unspecified atom stereocenters. The topological polar surface area (TPSA) is 18.5 Å². The Hall–Kier alpha value is -0.120. The summed E-state index contributed by atoms with van der Waals surface area (Å²) in [4.78, 5) is 5.14. The van der Waals surface area contributed by atoms with Gasteiger partial charge in [-0.15, -0.1) is 0 Å². The van der Waals surface area contributed by atoms with Gasteiger partial charge in [-0.05, 0) is 46.6 Å². The third kappa shape index (κ3) is 6.11. The normalized spacial score (nSPS) is 25.6. The first kappa shape index (κ1) is 17.9. The zero-order valence-electron chi connectivity index (χ0n) is 14.9. The molecule has 3 heteroatoms. The molecular formula is C17H37N3. The Balaban J connectivity index is 2.60. The fourth-order valence-corrected chi connectivity index (χ4v) is 3.21. The van der Waals surface area contributed by atoms with Gasteiger partial charge in [-0.2, -0.15) is 0 Å². The molecule has 0 amide bonds. The zero-order chi connectivity index (χ0) is 15.4. The van der Waals surface area contributed by atoms with Gasteiger partial charge in [-0.25, -0.2) is 0 Å². The van der Waals surface area contributed by atoms with E-state index < -0.39 is 0 Å². The van der Waals surface area contributed by atoms with Gasteiger partial charge in [-0.1, -0.05) is 20.3 Å². The quantitative estimate of drug-likeness (QED) is 0.809. The summed E-state index contributed by atoms with van der Waals surface area (Å²) in [6, 6.07) is 0.680. The van der Waals surface area contributed by atoms with Crippen molar-refractivity contribution in [2.24, 2.45) is 5.41 Å². The molecule has 1 heterocycles. The largest absolute Gasteiger partial charge is 0.311 e. The Labute approximate surface area is 127 Å². The molecule has 0 radical (unpaired) electrons. The van der Waals surface area contributed by atoms with E-state index in [2.05, 4.69) is 63.7 Å². The molecule has 0 aliphatic carbocycles. The van der Waals surface area contributed by atoms with Crippen molar-refractivity contribution in [3.63, 3.8) is 0 Å². The molecule has 0 bridgehead atoms. The van der Waals surface area contributed by atoms with E-state index in [0.717, 1.165) is 6.54 Å². The summed E-state index contributed by atoms with van der Waals surface area (Å²) in [5.74, 6) is 0. The number of rotatable bonds is 6. The van der Waals surface area contributed by atoms with Crippen molar-refractivity contribution in [1.29, 1.82) is 0 Å². The number of hydrogen-bond acceptors (Lipinski definition) is 3. The van der Waals surface area contributed by atoms with Gasteiger partial charge in [0.1, 0.15) is 0 Å². The molecule has 1 aliphatic heterocycles. The van der Waals surface area contributed by atoms with Crippen LogP contribution in [0.4, 0.5) is 0 Å². The standard InChI is InChI=1S/C17H37N3/c1-8-9-17(6,13-18-16(3,4)5)14-20-11-10-19(7)12-15(20)2/h15,18H,8-14H2,1-7H3. The van der Waals surface area contributed by atoms with Crippen molar-refractivity contribution in [2.75, 3.05) is 39.8 Å². The minimum atomic E-state index is 0.211. The maximum Gasteiger partial charge on any atom is 0.0195 e. The molecule has 1 aliphatic rings. The molecule has 2 atom stereocenters. The van der Waals surface area contributed by atoms with Crippen LogP contribution in [0, 0.1) is 5.41 Å². The van der Waals surface area contributed by atoms with Crippen molar-refractivity contribution in [3.05, 3.63) is 0 Å². The highest BCUT2D eigenvalue weighted by atomic mass is 15.3. The highest BCUT2D eigenvalue weighted by molar-refractivity contribution is 4.87. The molecule has 3 nitrogen and oxygen atoms in total. The second-order valence-electron chi connectivity index (χ2n) is 8.25. The third-order valence-electron chi connectivity index (χ3n) is 4.45. The highest BCUT2D eigenvalue weighted by Gasteiger charge is 2.31. The highest BCUT2D eigenvalue weighted by Crippen LogP contribution is 2.26. The fraction of sp³-hybridized carbons (Fsp3) is 1.00. The van der Waals surface area contributed by atoms with Gasteiger partial charge in [0.15, 0.2) is 0 Å². The Kier molecular flexibility index (Phi) is 6.49. The van der Waals surface area contributed by atoms with Crippen LogP contribution < -0.4 is 5.32 Å². The number of likely N-dealkylation sites (N-methyl/N-ethyl adjacent to an activating group) is 1. The van der Waals surface area contributed by atoms with Gasteiger partial charge >= 0.3 is 0 Å². The molecule has 1 fully saturated rings. The number of nitrogens with one attached hydrogen (secondary N) is 1. The summed E-state index contributed by atoms with van der Waals surface area (Å²) in [7, 11) is 2.24. The maximum atomic E-state index is 3.72. The molecule has 1 saturated heterocycles. The third-order valence-corrected chi connectivity index (χ3v) is 4.45. The van der Waals surface area contributed by atoms with E-state index in [0.29, 0.717) is 11.5 Å². The van der Waals surface area contributed by atoms with Crippen molar-refractivity contribution in [2.45, 2.75) is 66.0 Å². The monoisotopic (exact) mass is 283 g/mol. The molecule has 0 aromatic heterocycles. The predicted molar refractivity (Wildman–Crippen MR) is 89.3 cm³/mol. The van der Waals surface area contributed by atoms with Crippen molar-refractivity contribution < 1.29 is 0 Å². The molecule has 120 valence electrons. The van der Waals surface area contributed by atoms with E-state index >= 15 is 0 Å². The molecule has 1 N–H and O–H groups in total. The Bertz CT molecular complexity index is 284. The van der Waals surface area contributed by atoms with Crippen molar-refractivity contribution >= 4 is 0 Å². The molecular weight excluding hydrogens is 246 g/mol. The van der Waals surface area contributed by atoms with Gasteiger partial charge in [0.05, 0.1) is 0 Å².